The zero-order chi connectivity index (χ0) is 29.3. The minimum atomic E-state index is -4.64. The summed E-state index contributed by atoms with van der Waals surface area (Å²) in [5.74, 6) is -2.62. The molecule has 0 radical (unpaired) electrons. The number of aromatic nitrogens is 1. The van der Waals surface area contributed by atoms with Gasteiger partial charge in [0.1, 0.15) is 11.8 Å². The van der Waals surface area contributed by atoms with E-state index in [0.29, 0.717) is 15.6 Å². The monoisotopic (exact) mass is 597 g/mol. The van der Waals surface area contributed by atoms with Crippen LogP contribution in [-0.2, 0) is 32.5 Å². The maximum absolute atomic E-state index is 13.6. The van der Waals surface area contributed by atoms with E-state index in [1.807, 2.05) is 36.4 Å². The van der Waals surface area contributed by atoms with Crippen molar-refractivity contribution in [1.82, 2.24) is 4.57 Å². The van der Waals surface area contributed by atoms with Crippen molar-refractivity contribution < 1.29 is 27.6 Å². The topological polar surface area (TPSA) is 88.5 Å². The van der Waals surface area contributed by atoms with E-state index in [9.17, 15) is 32.3 Å². The SMILES string of the molecule is CC1(C)c2sc(=O)n(CC(=O)Nc3ccc4ccccc4c3)c2SC2C(=O)N(c3cccc(C(F)(F)F)c3)C(=O)C21. The Morgan fingerprint density at radius 3 is 2.41 bits per heavy atom. The van der Waals surface area contributed by atoms with Gasteiger partial charge in [0.25, 0.3) is 0 Å². The van der Waals surface area contributed by atoms with Gasteiger partial charge in [-0.25, -0.2) is 4.90 Å². The van der Waals surface area contributed by atoms with Crippen LogP contribution in [0.2, 0.25) is 0 Å². The number of imide groups is 1. The van der Waals surface area contributed by atoms with Crippen LogP contribution in [-0.4, -0.2) is 27.5 Å². The molecule has 3 aromatic carbocycles. The summed E-state index contributed by atoms with van der Waals surface area (Å²) in [6.07, 6.45) is -4.64. The predicted molar refractivity (Wildman–Crippen MR) is 151 cm³/mol. The number of carbonyl (C=O) groups is 3. The van der Waals surface area contributed by atoms with Gasteiger partial charge < -0.3 is 5.32 Å². The van der Waals surface area contributed by atoms with Gasteiger partial charge in [-0.15, -0.1) is 0 Å². The van der Waals surface area contributed by atoms with Crippen LogP contribution < -0.4 is 15.1 Å². The molecule has 0 bridgehead atoms. The molecular weight excluding hydrogens is 575 g/mol. The molecule has 1 N–H and O–H groups in total. The normalized spacial score (nSPS) is 19.8. The minimum absolute atomic E-state index is 0.156. The number of hydrogen-bond acceptors (Lipinski definition) is 6. The molecular formula is C29H22F3N3O4S2. The van der Waals surface area contributed by atoms with Crippen LogP contribution in [0.15, 0.2) is 76.6 Å². The minimum Gasteiger partial charge on any atom is -0.325 e. The third-order valence-corrected chi connectivity index (χ3v) is 10.3. The number of nitrogens with zero attached hydrogens (tertiary/aromatic N) is 2. The Hall–Kier alpha value is -3.90. The van der Waals surface area contributed by atoms with E-state index in [0.717, 1.165) is 57.0 Å². The summed E-state index contributed by atoms with van der Waals surface area (Å²) < 4.78 is 41.3. The van der Waals surface area contributed by atoms with Gasteiger partial charge in [-0.3, -0.25) is 23.7 Å². The Morgan fingerprint density at radius 1 is 0.951 bits per heavy atom. The second-order valence-corrected chi connectivity index (χ2v) is 12.6. The van der Waals surface area contributed by atoms with E-state index in [1.54, 1.807) is 19.9 Å². The molecule has 12 heteroatoms. The summed E-state index contributed by atoms with van der Waals surface area (Å²) >= 11 is 1.91. The number of anilines is 2. The van der Waals surface area contributed by atoms with Crippen molar-refractivity contribution in [3.63, 3.8) is 0 Å². The van der Waals surface area contributed by atoms with Gasteiger partial charge in [0.2, 0.25) is 17.7 Å². The lowest BCUT2D eigenvalue weighted by molar-refractivity contribution is -0.137. The van der Waals surface area contributed by atoms with E-state index in [2.05, 4.69) is 5.32 Å². The molecule has 7 nitrogen and oxygen atoms in total. The Balaban J connectivity index is 1.29. The number of halogens is 3. The number of benzene rings is 3. The molecule has 0 spiro atoms. The van der Waals surface area contributed by atoms with Crippen molar-refractivity contribution >= 4 is 63.0 Å². The third-order valence-electron chi connectivity index (χ3n) is 7.47. The zero-order valence-electron chi connectivity index (χ0n) is 21.7. The van der Waals surface area contributed by atoms with Crippen LogP contribution in [0.3, 0.4) is 0 Å². The van der Waals surface area contributed by atoms with Crippen molar-refractivity contribution in [2.75, 3.05) is 10.2 Å². The summed E-state index contributed by atoms with van der Waals surface area (Å²) in [4.78, 5) is 54.1. The van der Waals surface area contributed by atoms with Crippen molar-refractivity contribution in [3.8, 4) is 0 Å². The van der Waals surface area contributed by atoms with E-state index >= 15 is 0 Å². The Morgan fingerprint density at radius 2 is 1.68 bits per heavy atom. The lowest BCUT2D eigenvalue weighted by Crippen LogP contribution is -2.42. The second-order valence-electron chi connectivity index (χ2n) is 10.5. The van der Waals surface area contributed by atoms with Crippen molar-refractivity contribution in [2.45, 2.75) is 42.3 Å². The van der Waals surface area contributed by atoms with Crippen LogP contribution in [0.25, 0.3) is 10.8 Å². The molecule has 3 amide bonds. The highest BCUT2D eigenvalue weighted by Gasteiger charge is 2.59. The molecule has 2 aliphatic heterocycles. The van der Waals surface area contributed by atoms with Crippen LogP contribution in [0.4, 0.5) is 24.5 Å². The highest BCUT2D eigenvalue weighted by atomic mass is 32.2. The maximum Gasteiger partial charge on any atom is 0.416 e. The third kappa shape index (κ3) is 4.55. The molecule has 210 valence electrons. The fraction of sp³-hybridized carbons (Fsp3) is 0.241. The number of amides is 3. The smallest absolute Gasteiger partial charge is 0.325 e. The number of alkyl halides is 3. The van der Waals surface area contributed by atoms with Crippen molar-refractivity contribution in [2.24, 2.45) is 5.92 Å². The quantitative estimate of drug-likeness (QED) is 0.307. The molecule has 6 rings (SSSR count). The van der Waals surface area contributed by atoms with Gasteiger partial charge in [0.15, 0.2) is 0 Å². The first kappa shape index (κ1) is 27.3. The van der Waals surface area contributed by atoms with Crippen molar-refractivity contribution in [1.29, 1.82) is 0 Å². The average molecular weight is 598 g/mol. The highest BCUT2D eigenvalue weighted by Crippen LogP contribution is 2.54. The van der Waals surface area contributed by atoms with Gasteiger partial charge in [0.05, 0.1) is 22.2 Å². The van der Waals surface area contributed by atoms with Crippen LogP contribution >= 0.6 is 23.1 Å². The number of thioether (sulfide) groups is 1. The summed E-state index contributed by atoms with van der Waals surface area (Å²) in [5, 5.41) is 4.20. The van der Waals surface area contributed by atoms with Crippen LogP contribution in [0.1, 0.15) is 24.3 Å². The van der Waals surface area contributed by atoms with Gasteiger partial charge in [-0.05, 0) is 41.1 Å². The second kappa shape index (κ2) is 9.59. The number of carbonyl (C=O) groups excluding carboxylic acids is 3. The lowest BCUT2D eigenvalue weighted by Gasteiger charge is -2.36. The standard InChI is InChI=1S/C29H22F3N3O4S2/c1-28(2)21-22(25(38)35(24(21)37)19-9-5-8-17(13-19)29(30,31)32)40-26-23(28)41-27(39)34(26)14-20(36)33-18-11-10-15-6-3-4-7-16(15)12-18/h3-13,21-22H,14H2,1-2H3,(H,33,36). The molecule has 2 aliphatic rings. The first-order valence-corrected chi connectivity index (χ1v) is 14.3. The fourth-order valence-electron chi connectivity index (χ4n) is 5.45. The Bertz CT molecular complexity index is 1810. The van der Waals surface area contributed by atoms with Gasteiger partial charge in [-0.2, -0.15) is 13.2 Å². The Kier molecular flexibility index (Phi) is 6.38. The molecule has 2 atom stereocenters. The molecule has 1 fully saturated rings. The van der Waals surface area contributed by atoms with E-state index in [4.69, 9.17) is 0 Å². The molecule has 1 aromatic heterocycles. The molecule has 1 saturated heterocycles. The average Bonchev–Trinajstić information content (AvgIpc) is 3.37. The first-order valence-electron chi connectivity index (χ1n) is 12.6. The predicted octanol–water partition coefficient (Wildman–Crippen LogP) is 5.66. The number of rotatable bonds is 4. The first-order chi connectivity index (χ1) is 19.4. The van der Waals surface area contributed by atoms with Crippen LogP contribution in [0, 0.1) is 5.92 Å². The lowest BCUT2D eigenvalue weighted by atomic mass is 9.76. The molecule has 4 aromatic rings. The largest absolute Gasteiger partial charge is 0.416 e. The van der Waals surface area contributed by atoms with E-state index < -0.39 is 50.9 Å². The van der Waals surface area contributed by atoms with E-state index in [-0.39, 0.29) is 12.2 Å². The molecule has 0 aliphatic carbocycles. The van der Waals surface area contributed by atoms with Crippen LogP contribution in [0.5, 0.6) is 0 Å². The molecule has 2 unspecified atom stereocenters. The number of nitrogens with one attached hydrogen (secondary N) is 1. The Labute approximate surface area is 240 Å². The highest BCUT2D eigenvalue weighted by molar-refractivity contribution is 8.00. The number of thiazole rings is 1. The molecule has 41 heavy (non-hydrogen) atoms. The van der Waals surface area contributed by atoms with Gasteiger partial charge in [0, 0.05) is 16.0 Å². The van der Waals surface area contributed by atoms with Crippen molar-refractivity contribution in [3.05, 3.63) is 86.8 Å². The number of fused-ring (bicyclic) bond motifs is 3. The van der Waals surface area contributed by atoms with Gasteiger partial charge in [-0.1, -0.05) is 73.3 Å². The fourth-order valence-corrected chi connectivity index (χ4v) is 8.49. The zero-order valence-corrected chi connectivity index (χ0v) is 23.3. The summed E-state index contributed by atoms with van der Waals surface area (Å²) in [6.45, 7) is 3.16. The molecule has 3 heterocycles. The summed E-state index contributed by atoms with van der Waals surface area (Å²) in [6, 6.07) is 17.2. The maximum atomic E-state index is 13.6. The summed E-state index contributed by atoms with van der Waals surface area (Å²) in [7, 11) is 0. The number of hydrogen-bond donors (Lipinski definition) is 1. The summed E-state index contributed by atoms with van der Waals surface area (Å²) in [5.41, 5.74) is -1.55. The van der Waals surface area contributed by atoms with Gasteiger partial charge >= 0.3 is 11.0 Å². The van der Waals surface area contributed by atoms with E-state index in [1.165, 1.54) is 10.6 Å². The molecule has 0 saturated carbocycles.